The first-order valence-corrected chi connectivity index (χ1v) is 14.3. The van der Waals surface area contributed by atoms with Crippen LogP contribution in [0.2, 0.25) is 0 Å². The minimum Gasteiger partial charge on any atom is -0.493 e. The quantitative estimate of drug-likeness (QED) is 0.240. The molecule has 1 fully saturated rings. The molecule has 5 nitrogen and oxygen atoms in total. The van der Waals surface area contributed by atoms with Crippen molar-refractivity contribution in [3.8, 4) is 11.5 Å². The highest BCUT2D eigenvalue weighted by Gasteiger charge is 2.22. The fraction of sp³-hybridized carbons (Fsp3) is 0.382. The molecule has 2 aliphatic heterocycles. The number of likely N-dealkylation sites (tertiary alicyclic amines) is 1. The van der Waals surface area contributed by atoms with Crippen LogP contribution in [0.5, 0.6) is 11.5 Å². The number of rotatable bonds is 10. The highest BCUT2D eigenvalue weighted by Crippen LogP contribution is 2.29. The molecule has 39 heavy (non-hydrogen) atoms. The molecular weight excluding hydrogens is 484 g/mol. The highest BCUT2D eigenvalue weighted by atomic mass is 16.5. The van der Waals surface area contributed by atoms with Gasteiger partial charge in [0.25, 0.3) is 0 Å². The Balaban J connectivity index is 1.06. The number of hydrogen-bond acceptors (Lipinski definition) is 4. The maximum Gasteiger partial charge on any atom is 0.246 e. The third kappa shape index (κ3) is 7.51. The largest absolute Gasteiger partial charge is 0.493 e. The van der Waals surface area contributed by atoms with Crippen LogP contribution in [0.3, 0.4) is 0 Å². The van der Waals surface area contributed by atoms with E-state index in [2.05, 4.69) is 59.5 Å². The van der Waals surface area contributed by atoms with Crippen molar-refractivity contribution < 1.29 is 14.3 Å². The van der Waals surface area contributed by atoms with E-state index in [0.717, 1.165) is 76.1 Å². The summed E-state index contributed by atoms with van der Waals surface area (Å²) >= 11 is 0. The first-order valence-electron chi connectivity index (χ1n) is 14.3. The molecule has 0 atom stereocenters. The third-order valence-corrected chi connectivity index (χ3v) is 7.99. The van der Waals surface area contributed by atoms with Crippen molar-refractivity contribution >= 4 is 12.0 Å². The number of methoxy groups -OCH3 is 1. The van der Waals surface area contributed by atoms with E-state index in [1.807, 2.05) is 29.2 Å². The second-order valence-electron chi connectivity index (χ2n) is 10.7. The topological polar surface area (TPSA) is 42.0 Å². The minimum absolute atomic E-state index is 0.0767. The Labute approximate surface area is 233 Å². The Hall–Kier alpha value is -3.57. The summed E-state index contributed by atoms with van der Waals surface area (Å²) in [5.41, 5.74) is 5.24. The summed E-state index contributed by atoms with van der Waals surface area (Å²) in [4.78, 5) is 17.3. The van der Waals surface area contributed by atoms with Crippen molar-refractivity contribution in [2.24, 2.45) is 5.92 Å². The molecule has 1 amide bonds. The highest BCUT2D eigenvalue weighted by molar-refractivity contribution is 5.92. The first kappa shape index (κ1) is 27.0. The molecule has 204 valence electrons. The number of fused-ring (bicyclic) bond motifs is 1. The molecule has 0 N–H and O–H groups in total. The van der Waals surface area contributed by atoms with Gasteiger partial charge in [-0.2, -0.15) is 0 Å². The van der Waals surface area contributed by atoms with Crippen LogP contribution in [0.1, 0.15) is 41.5 Å². The van der Waals surface area contributed by atoms with Gasteiger partial charge >= 0.3 is 0 Å². The molecule has 0 unspecified atom stereocenters. The van der Waals surface area contributed by atoms with Gasteiger partial charge in [-0.3, -0.25) is 9.69 Å². The van der Waals surface area contributed by atoms with Gasteiger partial charge in [-0.1, -0.05) is 60.7 Å². The van der Waals surface area contributed by atoms with Crippen LogP contribution in [0.4, 0.5) is 0 Å². The Morgan fingerprint density at radius 1 is 0.923 bits per heavy atom. The lowest BCUT2D eigenvalue weighted by molar-refractivity contribution is -0.127. The summed E-state index contributed by atoms with van der Waals surface area (Å²) in [5.74, 6) is 2.16. The van der Waals surface area contributed by atoms with Gasteiger partial charge in [-0.25, -0.2) is 0 Å². The lowest BCUT2D eigenvalue weighted by Gasteiger charge is -2.31. The van der Waals surface area contributed by atoms with E-state index in [-0.39, 0.29) is 5.91 Å². The first-order chi connectivity index (χ1) is 19.2. The molecule has 5 heteroatoms. The van der Waals surface area contributed by atoms with Crippen LogP contribution in [0.25, 0.3) is 6.08 Å². The lowest BCUT2D eigenvalue weighted by atomic mass is 9.90. The van der Waals surface area contributed by atoms with E-state index in [4.69, 9.17) is 9.47 Å². The van der Waals surface area contributed by atoms with Crippen molar-refractivity contribution in [1.82, 2.24) is 9.80 Å². The molecule has 0 aliphatic carbocycles. The van der Waals surface area contributed by atoms with E-state index in [1.165, 1.54) is 16.7 Å². The molecule has 2 heterocycles. The molecular formula is C34H40N2O3. The number of hydrogen-bond donors (Lipinski definition) is 0. The molecule has 0 bridgehead atoms. The number of benzene rings is 3. The van der Waals surface area contributed by atoms with Gasteiger partial charge in [0, 0.05) is 38.8 Å². The van der Waals surface area contributed by atoms with E-state index in [0.29, 0.717) is 18.3 Å². The van der Waals surface area contributed by atoms with E-state index < -0.39 is 0 Å². The Bertz CT molecular complexity index is 1250. The molecule has 0 saturated carbocycles. The average molecular weight is 525 g/mol. The number of piperidine rings is 1. The molecule has 0 radical (unpaired) electrons. The number of amides is 1. The smallest absolute Gasteiger partial charge is 0.246 e. The van der Waals surface area contributed by atoms with Gasteiger partial charge in [-0.05, 0) is 78.5 Å². The van der Waals surface area contributed by atoms with Gasteiger partial charge in [-0.15, -0.1) is 0 Å². The fourth-order valence-corrected chi connectivity index (χ4v) is 5.70. The van der Waals surface area contributed by atoms with Crippen molar-refractivity contribution in [2.75, 3.05) is 39.9 Å². The molecule has 3 aromatic rings. The zero-order valence-electron chi connectivity index (χ0n) is 23.1. The maximum absolute atomic E-state index is 12.8. The van der Waals surface area contributed by atoms with E-state index in [1.54, 1.807) is 13.2 Å². The third-order valence-electron chi connectivity index (χ3n) is 7.99. The zero-order chi connectivity index (χ0) is 26.9. The summed E-state index contributed by atoms with van der Waals surface area (Å²) in [5, 5.41) is 0. The number of carbonyl (C=O) groups is 1. The lowest BCUT2D eigenvalue weighted by Crippen LogP contribution is -2.37. The van der Waals surface area contributed by atoms with Crippen molar-refractivity contribution in [3.05, 3.63) is 101 Å². The second-order valence-corrected chi connectivity index (χ2v) is 10.7. The summed E-state index contributed by atoms with van der Waals surface area (Å²) < 4.78 is 11.7. The van der Waals surface area contributed by atoms with Crippen molar-refractivity contribution in [2.45, 2.75) is 38.6 Å². The van der Waals surface area contributed by atoms with Crippen LogP contribution in [-0.2, 0) is 24.2 Å². The number of carbonyl (C=O) groups excluding carboxylic acids is 1. The summed E-state index contributed by atoms with van der Waals surface area (Å²) in [7, 11) is 1.66. The second kappa shape index (κ2) is 13.5. The van der Waals surface area contributed by atoms with Crippen LogP contribution in [0, 0.1) is 5.92 Å². The Morgan fingerprint density at radius 3 is 2.49 bits per heavy atom. The van der Waals surface area contributed by atoms with Crippen LogP contribution < -0.4 is 9.47 Å². The SMILES string of the molecule is COc1cc(/C=C/C(=O)N2CCC(Cc3ccccc3)CC2)ccc1OCCCN1CCc2ccccc2C1. The van der Waals surface area contributed by atoms with E-state index in [9.17, 15) is 4.79 Å². The van der Waals surface area contributed by atoms with Gasteiger partial charge in [0.15, 0.2) is 11.5 Å². The summed E-state index contributed by atoms with van der Waals surface area (Å²) in [6.07, 6.45) is 8.85. The van der Waals surface area contributed by atoms with Gasteiger partial charge in [0.05, 0.1) is 13.7 Å². The fourth-order valence-electron chi connectivity index (χ4n) is 5.70. The van der Waals surface area contributed by atoms with Gasteiger partial charge < -0.3 is 14.4 Å². The molecule has 2 aliphatic rings. The Morgan fingerprint density at radius 2 is 1.69 bits per heavy atom. The molecule has 1 saturated heterocycles. The minimum atomic E-state index is 0.0767. The van der Waals surface area contributed by atoms with Gasteiger partial charge in [0.2, 0.25) is 5.91 Å². The summed E-state index contributed by atoms with van der Waals surface area (Å²) in [6.45, 7) is 5.42. The molecule has 0 spiro atoms. The number of nitrogens with zero attached hydrogens (tertiary/aromatic N) is 2. The molecule has 5 rings (SSSR count). The Kier molecular flexibility index (Phi) is 9.34. The maximum atomic E-state index is 12.8. The predicted octanol–water partition coefficient (Wildman–Crippen LogP) is 6.02. The zero-order valence-corrected chi connectivity index (χ0v) is 23.1. The standard InChI is InChI=1S/C34H40N2O3/c1-38-33-25-28(13-15-34(37)36-21-16-29(17-22-36)24-27-8-3-2-4-9-27)12-14-32(33)39-23-7-19-35-20-18-30-10-5-6-11-31(30)26-35/h2-6,8-15,25,29H,7,16-24,26H2,1H3/b15-13+. The van der Waals surface area contributed by atoms with Gasteiger partial charge in [0.1, 0.15) is 0 Å². The normalized spacial score (nSPS) is 16.3. The summed E-state index contributed by atoms with van der Waals surface area (Å²) in [6, 6.07) is 25.2. The average Bonchev–Trinajstić information content (AvgIpc) is 2.99. The number of ether oxygens (including phenoxy) is 2. The molecule has 3 aromatic carbocycles. The molecule has 0 aromatic heterocycles. The monoisotopic (exact) mass is 524 g/mol. The predicted molar refractivity (Wildman–Crippen MR) is 157 cm³/mol. The van der Waals surface area contributed by atoms with Crippen LogP contribution in [0.15, 0.2) is 78.9 Å². The van der Waals surface area contributed by atoms with Crippen molar-refractivity contribution in [3.63, 3.8) is 0 Å². The van der Waals surface area contributed by atoms with E-state index >= 15 is 0 Å². The van der Waals surface area contributed by atoms with Crippen LogP contribution >= 0.6 is 0 Å². The van der Waals surface area contributed by atoms with Crippen molar-refractivity contribution in [1.29, 1.82) is 0 Å². The van der Waals surface area contributed by atoms with Crippen LogP contribution in [-0.4, -0.2) is 55.6 Å².